The molecule has 4 rings (SSSR count). The van der Waals surface area contributed by atoms with Gasteiger partial charge in [0.2, 0.25) is 11.8 Å². The van der Waals surface area contributed by atoms with Crippen molar-refractivity contribution in [1.29, 1.82) is 0 Å². The Hall–Kier alpha value is -2.29. The zero-order chi connectivity index (χ0) is 20.4. The van der Waals surface area contributed by atoms with Gasteiger partial charge in [0.15, 0.2) is 0 Å². The van der Waals surface area contributed by atoms with Crippen molar-refractivity contribution < 1.29 is 19.1 Å². The molecule has 0 aliphatic carbocycles. The van der Waals surface area contributed by atoms with Crippen LogP contribution in [0.5, 0.6) is 0 Å². The number of carbonyl (C=O) groups is 3. The van der Waals surface area contributed by atoms with E-state index >= 15 is 0 Å². The fraction of sp³-hybridized carbons (Fsp3) is 0.571. The summed E-state index contributed by atoms with van der Waals surface area (Å²) >= 11 is 0. The number of piperidine rings is 1. The topological polar surface area (TPSA) is 99.8 Å². The van der Waals surface area contributed by atoms with E-state index in [0.717, 1.165) is 37.1 Å². The van der Waals surface area contributed by atoms with E-state index in [0.29, 0.717) is 37.2 Å². The van der Waals surface area contributed by atoms with E-state index in [-0.39, 0.29) is 24.1 Å². The quantitative estimate of drug-likeness (QED) is 0.450. The standard InChI is InChI=1S/C21H28N4O4/c1-29-16-9-15(23-11-16)6-7-22-10-13-2-3-14-12-25(21(28)17(14)8-13)18-4-5-19(26)24-20(18)27/h2-3,8,15-16,18,22-23H,4-7,9-12H2,1H3,(H,24,26,27)/t15-,16+,18?/m1/s1. The van der Waals surface area contributed by atoms with Crippen molar-refractivity contribution >= 4 is 17.7 Å². The summed E-state index contributed by atoms with van der Waals surface area (Å²) in [6.45, 7) is 2.92. The van der Waals surface area contributed by atoms with Crippen molar-refractivity contribution in [3.05, 3.63) is 34.9 Å². The van der Waals surface area contributed by atoms with Crippen molar-refractivity contribution in [2.45, 2.75) is 57.0 Å². The molecular weight excluding hydrogens is 372 g/mol. The van der Waals surface area contributed by atoms with Crippen LogP contribution in [0.2, 0.25) is 0 Å². The largest absolute Gasteiger partial charge is 0.380 e. The molecule has 0 spiro atoms. The average molecular weight is 400 g/mol. The molecule has 3 N–H and O–H groups in total. The Bertz CT molecular complexity index is 812. The highest BCUT2D eigenvalue weighted by Crippen LogP contribution is 2.28. The molecule has 1 unspecified atom stereocenters. The maximum Gasteiger partial charge on any atom is 0.255 e. The summed E-state index contributed by atoms with van der Waals surface area (Å²) < 4.78 is 5.37. The van der Waals surface area contributed by atoms with Crippen LogP contribution in [0.15, 0.2) is 18.2 Å². The van der Waals surface area contributed by atoms with E-state index in [2.05, 4.69) is 16.0 Å². The van der Waals surface area contributed by atoms with Gasteiger partial charge in [0.1, 0.15) is 6.04 Å². The molecule has 2 fully saturated rings. The first-order chi connectivity index (χ1) is 14.0. The molecule has 8 nitrogen and oxygen atoms in total. The minimum atomic E-state index is -0.566. The van der Waals surface area contributed by atoms with Gasteiger partial charge in [-0.2, -0.15) is 0 Å². The van der Waals surface area contributed by atoms with E-state index in [1.54, 1.807) is 12.0 Å². The molecule has 29 heavy (non-hydrogen) atoms. The zero-order valence-electron chi connectivity index (χ0n) is 16.7. The lowest BCUT2D eigenvalue weighted by Gasteiger charge is -2.29. The second-order valence-electron chi connectivity index (χ2n) is 8.06. The molecule has 0 saturated carbocycles. The van der Waals surface area contributed by atoms with Gasteiger partial charge in [-0.25, -0.2) is 0 Å². The molecule has 1 aromatic rings. The van der Waals surface area contributed by atoms with Crippen LogP contribution >= 0.6 is 0 Å². The molecular formula is C21H28N4O4. The number of hydrogen-bond acceptors (Lipinski definition) is 6. The van der Waals surface area contributed by atoms with E-state index in [9.17, 15) is 14.4 Å². The third-order valence-corrected chi connectivity index (χ3v) is 6.11. The van der Waals surface area contributed by atoms with E-state index in [1.165, 1.54) is 0 Å². The van der Waals surface area contributed by atoms with Gasteiger partial charge < -0.3 is 20.3 Å². The van der Waals surface area contributed by atoms with Crippen molar-refractivity contribution in [2.24, 2.45) is 0 Å². The number of nitrogens with one attached hydrogen (secondary N) is 3. The highest BCUT2D eigenvalue weighted by atomic mass is 16.5. The van der Waals surface area contributed by atoms with Crippen LogP contribution in [0.1, 0.15) is 47.2 Å². The molecule has 3 heterocycles. The minimum absolute atomic E-state index is 0.128. The monoisotopic (exact) mass is 400 g/mol. The predicted octanol–water partition coefficient (Wildman–Crippen LogP) is 0.304. The fourth-order valence-electron chi connectivity index (χ4n) is 4.40. The third kappa shape index (κ3) is 4.34. The van der Waals surface area contributed by atoms with Gasteiger partial charge >= 0.3 is 0 Å². The van der Waals surface area contributed by atoms with Crippen molar-refractivity contribution in [3.8, 4) is 0 Å². The second-order valence-corrected chi connectivity index (χ2v) is 8.06. The van der Waals surface area contributed by atoms with Crippen LogP contribution in [-0.2, 0) is 27.4 Å². The number of methoxy groups -OCH3 is 1. The normalized spacial score (nSPS) is 26.7. The molecule has 3 aliphatic rings. The minimum Gasteiger partial charge on any atom is -0.380 e. The second kappa shape index (κ2) is 8.61. The molecule has 156 valence electrons. The summed E-state index contributed by atoms with van der Waals surface area (Å²) in [5.74, 6) is -0.771. The van der Waals surface area contributed by atoms with Gasteiger partial charge in [-0.3, -0.25) is 19.7 Å². The number of ether oxygens (including phenoxy) is 1. The summed E-state index contributed by atoms with van der Waals surface area (Å²) in [7, 11) is 1.75. The number of imide groups is 1. The zero-order valence-corrected chi connectivity index (χ0v) is 16.7. The number of benzene rings is 1. The van der Waals surface area contributed by atoms with Gasteiger partial charge in [-0.1, -0.05) is 12.1 Å². The lowest BCUT2D eigenvalue weighted by molar-refractivity contribution is -0.136. The van der Waals surface area contributed by atoms with Gasteiger partial charge in [-0.15, -0.1) is 0 Å². The first-order valence-corrected chi connectivity index (χ1v) is 10.3. The van der Waals surface area contributed by atoms with Crippen LogP contribution < -0.4 is 16.0 Å². The number of nitrogens with zero attached hydrogens (tertiary/aromatic N) is 1. The number of hydrogen-bond donors (Lipinski definition) is 3. The number of amides is 3. The maximum absolute atomic E-state index is 12.9. The summed E-state index contributed by atoms with van der Waals surface area (Å²) in [6.07, 6.45) is 3.05. The molecule has 0 radical (unpaired) electrons. The fourth-order valence-corrected chi connectivity index (χ4v) is 4.40. The first-order valence-electron chi connectivity index (χ1n) is 10.3. The Labute approximate surface area is 170 Å². The van der Waals surface area contributed by atoms with Crippen LogP contribution in [0.4, 0.5) is 0 Å². The summed E-state index contributed by atoms with van der Waals surface area (Å²) in [4.78, 5) is 37.9. The van der Waals surface area contributed by atoms with Crippen LogP contribution in [0, 0.1) is 0 Å². The summed E-state index contributed by atoms with van der Waals surface area (Å²) in [5, 5.41) is 9.25. The number of rotatable bonds is 7. The average Bonchev–Trinajstić information content (AvgIpc) is 3.30. The molecule has 0 aromatic heterocycles. The molecule has 2 saturated heterocycles. The lowest BCUT2D eigenvalue weighted by atomic mass is 10.0. The summed E-state index contributed by atoms with van der Waals surface area (Å²) in [5.41, 5.74) is 2.65. The highest BCUT2D eigenvalue weighted by Gasteiger charge is 2.39. The molecule has 0 bridgehead atoms. The van der Waals surface area contributed by atoms with Crippen molar-refractivity contribution in [1.82, 2.24) is 20.9 Å². The first kappa shape index (κ1) is 20.0. The molecule has 8 heteroatoms. The molecule has 3 amide bonds. The van der Waals surface area contributed by atoms with Crippen molar-refractivity contribution in [2.75, 3.05) is 20.2 Å². The van der Waals surface area contributed by atoms with Crippen LogP contribution in [-0.4, -0.2) is 61.0 Å². The van der Waals surface area contributed by atoms with Gasteiger partial charge in [0, 0.05) is 44.8 Å². The van der Waals surface area contributed by atoms with Crippen molar-refractivity contribution in [3.63, 3.8) is 0 Å². The van der Waals surface area contributed by atoms with Gasteiger partial charge in [0.25, 0.3) is 5.91 Å². The predicted molar refractivity (Wildman–Crippen MR) is 106 cm³/mol. The Morgan fingerprint density at radius 3 is 2.90 bits per heavy atom. The van der Waals surface area contributed by atoms with E-state index in [4.69, 9.17) is 4.74 Å². The van der Waals surface area contributed by atoms with Gasteiger partial charge in [-0.05, 0) is 43.0 Å². The SMILES string of the molecule is CO[C@@H]1CN[C@H](CCNCc2ccc3c(c2)C(=O)N(C2CCC(=O)NC2=O)C3)C1. The smallest absolute Gasteiger partial charge is 0.255 e. The van der Waals surface area contributed by atoms with Crippen LogP contribution in [0.25, 0.3) is 0 Å². The number of carbonyl (C=O) groups excluding carboxylic acids is 3. The molecule has 3 atom stereocenters. The number of fused-ring (bicyclic) bond motifs is 1. The highest BCUT2D eigenvalue weighted by molar-refractivity contribution is 6.05. The molecule has 1 aromatic carbocycles. The third-order valence-electron chi connectivity index (χ3n) is 6.11. The Kier molecular flexibility index (Phi) is 5.94. The van der Waals surface area contributed by atoms with E-state index in [1.807, 2.05) is 18.2 Å². The van der Waals surface area contributed by atoms with Gasteiger partial charge in [0.05, 0.1) is 6.10 Å². The Morgan fingerprint density at radius 1 is 1.28 bits per heavy atom. The molecule has 3 aliphatic heterocycles. The Balaban J connectivity index is 1.30. The summed E-state index contributed by atoms with van der Waals surface area (Å²) in [6, 6.07) is 5.84. The Morgan fingerprint density at radius 2 is 2.14 bits per heavy atom. The lowest BCUT2D eigenvalue weighted by Crippen LogP contribution is -2.52. The van der Waals surface area contributed by atoms with E-state index < -0.39 is 6.04 Å². The maximum atomic E-state index is 12.9. The van der Waals surface area contributed by atoms with Crippen LogP contribution in [0.3, 0.4) is 0 Å².